The van der Waals surface area contributed by atoms with Gasteiger partial charge in [0.05, 0.1) is 13.2 Å². The van der Waals surface area contributed by atoms with Crippen LogP contribution in [0.5, 0.6) is 0 Å². The standard InChI is InChI=1S/C12H22N2O4S/c1-4-7-13-8-11-5-6-12(18-11)19(15,16)14-10(2)9-17-3/h5-6,10,13-14H,4,7-9H2,1-3H3. The topological polar surface area (TPSA) is 80.6 Å². The number of rotatable bonds is 9. The van der Waals surface area contributed by atoms with E-state index in [9.17, 15) is 8.42 Å². The molecule has 1 rings (SSSR count). The minimum Gasteiger partial charge on any atom is -0.447 e. The second kappa shape index (κ2) is 7.64. The summed E-state index contributed by atoms with van der Waals surface area (Å²) in [6, 6.07) is 2.82. The van der Waals surface area contributed by atoms with Crippen LogP contribution in [-0.2, 0) is 21.3 Å². The summed E-state index contributed by atoms with van der Waals surface area (Å²) in [6.45, 7) is 5.49. The number of sulfonamides is 1. The van der Waals surface area contributed by atoms with E-state index in [2.05, 4.69) is 17.0 Å². The van der Waals surface area contributed by atoms with Gasteiger partial charge >= 0.3 is 0 Å². The molecule has 6 nitrogen and oxygen atoms in total. The molecule has 7 heteroatoms. The van der Waals surface area contributed by atoms with Crippen molar-refractivity contribution in [1.29, 1.82) is 0 Å². The van der Waals surface area contributed by atoms with Gasteiger partial charge in [0.25, 0.3) is 10.0 Å². The molecule has 0 bridgehead atoms. The van der Waals surface area contributed by atoms with Crippen LogP contribution in [0, 0.1) is 0 Å². The van der Waals surface area contributed by atoms with Gasteiger partial charge in [0, 0.05) is 13.2 Å². The van der Waals surface area contributed by atoms with Crippen LogP contribution in [0.3, 0.4) is 0 Å². The highest BCUT2D eigenvalue weighted by molar-refractivity contribution is 7.89. The molecule has 0 saturated carbocycles. The lowest BCUT2D eigenvalue weighted by molar-refractivity contribution is 0.180. The third-order valence-corrected chi connectivity index (χ3v) is 3.86. The summed E-state index contributed by atoms with van der Waals surface area (Å²) in [5.41, 5.74) is 0. The Labute approximate surface area is 114 Å². The normalized spacial score (nSPS) is 13.6. The molecule has 1 heterocycles. The minimum atomic E-state index is -3.62. The smallest absolute Gasteiger partial charge is 0.274 e. The molecule has 110 valence electrons. The van der Waals surface area contributed by atoms with Crippen LogP contribution in [-0.4, -0.2) is 34.7 Å². The summed E-state index contributed by atoms with van der Waals surface area (Å²) >= 11 is 0. The van der Waals surface area contributed by atoms with Crippen molar-refractivity contribution in [3.63, 3.8) is 0 Å². The van der Waals surface area contributed by atoms with Crippen molar-refractivity contribution >= 4 is 10.0 Å². The van der Waals surface area contributed by atoms with Crippen molar-refractivity contribution in [3.05, 3.63) is 17.9 Å². The first-order valence-corrected chi connectivity index (χ1v) is 7.78. The number of ether oxygens (including phenoxy) is 1. The van der Waals surface area contributed by atoms with Gasteiger partial charge in [-0.1, -0.05) is 6.92 Å². The van der Waals surface area contributed by atoms with E-state index >= 15 is 0 Å². The molecule has 0 fully saturated rings. The lowest BCUT2D eigenvalue weighted by atomic mass is 10.4. The Balaban J connectivity index is 2.63. The maximum atomic E-state index is 12.0. The first-order valence-electron chi connectivity index (χ1n) is 6.30. The van der Waals surface area contributed by atoms with E-state index in [-0.39, 0.29) is 11.1 Å². The molecule has 0 saturated heterocycles. The van der Waals surface area contributed by atoms with Crippen LogP contribution in [0.1, 0.15) is 26.0 Å². The first-order chi connectivity index (χ1) is 8.99. The summed E-state index contributed by atoms with van der Waals surface area (Å²) in [4.78, 5) is 0. The van der Waals surface area contributed by atoms with Crippen molar-refractivity contribution in [1.82, 2.24) is 10.0 Å². The monoisotopic (exact) mass is 290 g/mol. The zero-order chi connectivity index (χ0) is 14.3. The molecule has 0 aromatic carbocycles. The zero-order valence-electron chi connectivity index (χ0n) is 11.6. The average molecular weight is 290 g/mol. The molecule has 0 spiro atoms. The molecular formula is C12H22N2O4S. The number of nitrogens with one attached hydrogen (secondary N) is 2. The maximum absolute atomic E-state index is 12.0. The van der Waals surface area contributed by atoms with E-state index in [0.717, 1.165) is 13.0 Å². The van der Waals surface area contributed by atoms with Crippen LogP contribution >= 0.6 is 0 Å². The summed E-state index contributed by atoms with van der Waals surface area (Å²) in [6.07, 6.45) is 1.02. The summed E-state index contributed by atoms with van der Waals surface area (Å²) in [7, 11) is -2.09. The van der Waals surface area contributed by atoms with E-state index in [4.69, 9.17) is 9.15 Å². The van der Waals surface area contributed by atoms with E-state index in [1.54, 1.807) is 13.0 Å². The molecule has 19 heavy (non-hydrogen) atoms. The van der Waals surface area contributed by atoms with Crippen LogP contribution < -0.4 is 10.0 Å². The number of methoxy groups -OCH3 is 1. The van der Waals surface area contributed by atoms with Crippen LogP contribution in [0.25, 0.3) is 0 Å². The van der Waals surface area contributed by atoms with E-state index < -0.39 is 10.0 Å². The van der Waals surface area contributed by atoms with Crippen LogP contribution in [0.2, 0.25) is 0 Å². The molecule has 0 radical (unpaired) electrons. The maximum Gasteiger partial charge on any atom is 0.274 e. The Bertz CT molecular complexity index is 470. The van der Waals surface area contributed by atoms with Gasteiger partial charge in [-0.25, -0.2) is 13.1 Å². The summed E-state index contributed by atoms with van der Waals surface area (Å²) in [5.74, 6) is 0.605. The molecule has 1 aromatic rings. The third kappa shape index (κ3) is 5.32. The molecule has 0 aliphatic carbocycles. The van der Waals surface area contributed by atoms with Crippen molar-refractivity contribution in [2.24, 2.45) is 0 Å². The number of hydrogen-bond acceptors (Lipinski definition) is 5. The van der Waals surface area contributed by atoms with Crippen LogP contribution in [0.4, 0.5) is 0 Å². The fourth-order valence-electron chi connectivity index (χ4n) is 1.59. The van der Waals surface area contributed by atoms with Gasteiger partial charge in [-0.3, -0.25) is 0 Å². The van der Waals surface area contributed by atoms with Gasteiger partial charge in [0.1, 0.15) is 5.76 Å². The molecular weight excluding hydrogens is 268 g/mol. The highest BCUT2D eigenvalue weighted by Crippen LogP contribution is 2.14. The van der Waals surface area contributed by atoms with Gasteiger partial charge in [-0.2, -0.15) is 0 Å². The highest BCUT2D eigenvalue weighted by Gasteiger charge is 2.21. The predicted molar refractivity (Wildman–Crippen MR) is 72.4 cm³/mol. The zero-order valence-corrected chi connectivity index (χ0v) is 12.4. The summed E-state index contributed by atoms with van der Waals surface area (Å²) < 4.78 is 36.7. The summed E-state index contributed by atoms with van der Waals surface area (Å²) in [5, 5.41) is 3.08. The first kappa shape index (κ1) is 16.2. The Morgan fingerprint density at radius 1 is 1.42 bits per heavy atom. The van der Waals surface area contributed by atoms with Gasteiger partial charge in [-0.05, 0) is 32.0 Å². The van der Waals surface area contributed by atoms with Crippen LogP contribution in [0.15, 0.2) is 21.6 Å². The van der Waals surface area contributed by atoms with Crippen molar-refractivity contribution < 1.29 is 17.6 Å². The minimum absolute atomic E-state index is 0.0660. The predicted octanol–water partition coefficient (Wildman–Crippen LogP) is 1.09. The van der Waals surface area contributed by atoms with Crippen molar-refractivity contribution in [2.75, 3.05) is 20.3 Å². The van der Waals surface area contributed by atoms with Crippen molar-refractivity contribution in [3.8, 4) is 0 Å². The lowest BCUT2D eigenvalue weighted by Crippen LogP contribution is -2.35. The van der Waals surface area contributed by atoms with Gasteiger partial charge in [-0.15, -0.1) is 0 Å². The fourth-order valence-corrected chi connectivity index (χ4v) is 2.77. The Morgan fingerprint density at radius 3 is 2.79 bits per heavy atom. The van der Waals surface area contributed by atoms with Crippen molar-refractivity contribution in [2.45, 2.75) is 37.9 Å². The molecule has 0 aliphatic rings. The second-order valence-electron chi connectivity index (χ2n) is 4.38. The van der Waals surface area contributed by atoms with Gasteiger partial charge in [0.2, 0.25) is 5.09 Å². The number of hydrogen-bond donors (Lipinski definition) is 2. The Hall–Kier alpha value is -0.890. The van der Waals surface area contributed by atoms with E-state index in [0.29, 0.717) is 18.9 Å². The molecule has 1 aromatic heterocycles. The van der Waals surface area contributed by atoms with Gasteiger partial charge in [0.15, 0.2) is 0 Å². The van der Waals surface area contributed by atoms with E-state index in [1.807, 2.05) is 0 Å². The highest BCUT2D eigenvalue weighted by atomic mass is 32.2. The second-order valence-corrected chi connectivity index (χ2v) is 6.02. The SMILES string of the molecule is CCCNCc1ccc(S(=O)(=O)NC(C)COC)o1. The van der Waals surface area contributed by atoms with Gasteiger partial charge < -0.3 is 14.5 Å². The largest absolute Gasteiger partial charge is 0.447 e. The Kier molecular flexibility index (Phi) is 6.50. The molecule has 0 aliphatic heterocycles. The molecule has 2 N–H and O–H groups in total. The molecule has 0 amide bonds. The Morgan fingerprint density at radius 2 is 2.16 bits per heavy atom. The average Bonchev–Trinajstić information content (AvgIpc) is 2.78. The lowest BCUT2D eigenvalue weighted by Gasteiger charge is -2.11. The number of furan rings is 1. The fraction of sp³-hybridized carbons (Fsp3) is 0.667. The molecule has 1 unspecified atom stereocenters. The quantitative estimate of drug-likeness (QED) is 0.666. The van der Waals surface area contributed by atoms with E-state index in [1.165, 1.54) is 13.2 Å². The molecule has 1 atom stereocenters. The third-order valence-electron chi connectivity index (χ3n) is 2.40.